The minimum Gasteiger partial charge on any atom is -0.549 e. The van der Waals surface area contributed by atoms with E-state index in [0.29, 0.717) is 25.7 Å². The van der Waals surface area contributed by atoms with Gasteiger partial charge < -0.3 is 19.8 Å². The molecule has 0 aromatic carbocycles. The molecule has 0 amide bonds. The Labute approximate surface area is 206 Å². The summed E-state index contributed by atoms with van der Waals surface area (Å²) in [5.41, 5.74) is -2.18. The molecule has 0 rings (SSSR count). The van der Waals surface area contributed by atoms with Crippen molar-refractivity contribution in [3.63, 3.8) is 0 Å². The second-order valence-corrected chi connectivity index (χ2v) is 9.19. The summed E-state index contributed by atoms with van der Waals surface area (Å²) in [6.07, 6.45) is 9.57. The van der Waals surface area contributed by atoms with E-state index in [4.69, 9.17) is 0 Å². The first kappa shape index (κ1) is 34.7. The largest absolute Gasteiger partial charge is 1.00 e. The Kier molecular flexibility index (Phi) is 21.5. The molecule has 0 fully saturated rings. The van der Waals surface area contributed by atoms with Crippen molar-refractivity contribution in [1.82, 2.24) is 0 Å². The van der Waals surface area contributed by atoms with Gasteiger partial charge in [-0.3, -0.25) is 4.55 Å². The number of rotatable bonds is 18. The molecule has 0 saturated carbocycles. The van der Waals surface area contributed by atoms with Crippen LogP contribution in [0.25, 0.3) is 0 Å². The Morgan fingerprint density at radius 1 is 0.767 bits per heavy atom. The fourth-order valence-corrected chi connectivity index (χ4v) is 4.92. The zero-order valence-corrected chi connectivity index (χ0v) is 20.1. The Bertz CT molecular complexity index is 552. The summed E-state index contributed by atoms with van der Waals surface area (Å²) in [5.74, 6) is -3.84. The van der Waals surface area contributed by atoms with Crippen molar-refractivity contribution >= 4 is 22.1 Å². The van der Waals surface area contributed by atoms with Gasteiger partial charge in [0.05, 0.1) is 5.97 Å². The van der Waals surface area contributed by atoms with Crippen molar-refractivity contribution in [3.05, 3.63) is 0 Å². The molecule has 0 heterocycles. The molecule has 0 radical (unpaired) electrons. The third kappa shape index (κ3) is 12.8. The molecular weight excluding hydrogens is 398 g/mol. The van der Waals surface area contributed by atoms with E-state index in [2.05, 4.69) is 13.8 Å². The van der Waals surface area contributed by atoms with Crippen LogP contribution in [0.15, 0.2) is 0 Å². The topological polar surface area (TPSA) is 135 Å². The van der Waals surface area contributed by atoms with E-state index in [0.717, 1.165) is 51.4 Å². The van der Waals surface area contributed by atoms with Crippen molar-refractivity contribution in [2.24, 2.45) is 5.41 Å². The van der Waals surface area contributed by atoms with Crippen molar-refractivity contribution in [2.75, 3.05) is 0 Å². The number of hydrogen-bond acceptors (Lipinski definition) is 6. The predicted octanol–water partition coefficient (Wildman–Crippen LogP) is -3.76. The minimum atomic E-state index is -5.15. The van der Waals surface area contributed by atoms with Crippen LogP contribution in [-0.4, -0.2) is 30.2 Å². The van der Waals surface area contributed by atoms with Gasteiger partial charge in [-0.2, -0.15) is 8.42 Å². The Hall–Kier alpha value is 0.0448. The molecule has 1 unspecified atom stereocenters. The molecule has 7 nitrogen and oxygen atoms in total. The zero-order chi connectivity index (χ0) is 21.6. The van der Waals surface area contributed by atoms with Gasteiger partial charge in [-0.25, -0.2) is 0 Å². The van der Waals surface area contributed by atoms with Crippen molar-refractivity contribution in [3.8, 4) is 0 Å². The number of carboxylic acid groups (broad SMARTS) is 2. The number of carbonyl (C=O) groups is 2. The number of hydrogen-bond donors (Lipinski definition) is 1. The molecule has 1 N–H and O–H groups in total. The maximum atomic E-state index is 12.0. The van der Waals surface area contributed by atoms with E-state index in [-0.39, 0.29) is 50.6 Å². The molecule has 30 heavy (non-hydrogen) atoms. The molecule has 10 heteroatoms. The number of aliphatic carboxylic acids is 2. The molecule has 0 aromatic heterocycles. The normalized spacial score (nSPS) is 12.5. The van der Waals surface area contributed by atoms with Gasteiger partial charge in [0.1, 0.15) is 5.25 Å². The first-order valence-corrected chi connectivity index (χ1v) is 12.0. The summed E-state index contributed by atoms with van der Waals surface area (Å²) in [5, 5.41) is 21.0. The molecule has 0 aromatic rings. The molecule has 0 bridgehead atoms. The van der Waals surface area contributed by atoms with Crippen molar-refractivity contribution < 1.29 is 70.5 Å². The van der Waals surface area contributed by atoms with E-state index in [1.165, 1.54) is 0 Å². The number of unbranched alkanes of at least 4 members (excludes halogenated alkanes) is 10. The first-order chi connectivity index (χ1) is 13.1. The van der Waals surface area contributed by atoms with Crippen LogP contribution in [0.1, 0.15) is 104 Å². The van der Waals surface area contributed by atoms with Gasteiger partial charge in [-0.05, 0) is 12.8 Å². The molecule has 0 aliphatic heterocycles. The van der Waals surface area contributed by atoms with Crippen molar-refractivity contribution in [1.29, 1.82) is 0 Å². The van der Waals surface area contributed by atoms with Crippen LogP contribution in [0.4, 0.5) is 0 Å². The smallest absolute Gasteiger partial charge is 0.549 e. The number of carbonyl (C=O) groups excluding carboxylic acids is 2. The Morgan fingerprint density at radius 2 is 1.10 bits per heavy atom. The zero-order valence-electron chi connectivity index (χ0n) is 19.3. The van der Waals surface area contributed by atoms with Crippen LogP contribution in [0, 0.1) is 5.41 Å². The molecule has 166 valence electrons. The minimum absolute atomic E-state index is 0. The summed E-state index contributed by atoms with van der Waals surface area (Å²) in [6.45, 7) is 4.14. The standard InChI is InChI=1S/C20H38O7S.2Li/c1-3-5-7-9-11-13-15-20(19(23)24,16-14-12-10-8-6-4-2)17(18(21)22)28(25,26)27;;/h17H,3-16H2,1-2H3,(H,21,22)(H,23,24)(H,25,26,27);;/q;2*+1/p-2. The monoisotopic (exact) mass is 434 g/mol. The van der Waals surface area contributed by atoms with Crippen LogP contribution >= 0.6 is 0 Å². The molecular formula is C20H36Li2O7S. The van der Waals surface area contributed by atoms with Crippen LogP contribution in [-0.2, 0) is 19.7 Å². The van der Waals surface area contributed by atoms with Gasteiger partial charge in [0.2, 0.25) is 0 Å². The molecule has 0 spiro atoms. The summed E-state index contributed by atoms with van der Waals surface area (Å²) in [7, 11) is -5.15. The summed E-state index contributed by atoms with van der Waals surface area (Å²) >= 11 is 0. The number of carboxylic acids is 2. The quantitative estimate of drug-likeness (QED) is 0.133. The molecule has 0 saturated heterocycles. The maximum absolute atomic E-state index is 12.0. The first-order valence-electron chi connectivity index (χ1n) is 10.5. The Balaban J connectivity index is -0.00000364. The SMILES string of the molecule is CCCCCCCCC(CCCCCCCC)(C(=O)[O-])C(C(=O)[O-])S(=O)(=O)O.[Li+].[Li+]. The van der Waals surface area contributed by atoms with Crippen molar-refractivity contribution in [2.45, 2.75) is 109 Å². The van der Waals surface area contributed by atoms with Gasteiger partial charge in [-0.1, -0.05) is 90.9 Å². The van der Waals surface area contributed by atoms with E-state index in [1.54, 1.807) is 0 Å². The van der Waals surface area contributed by atoms with Crippen LogP contribution in [0.3, 0.4) is 0 Å². The average Bonchev–Trinajstić information content (AvgIpc) is 2.58. The summed E-state index contributed by atoms with van der Waals surface area (Å²) < 4.78 is 32.9. The van der Waals surface area contributed by atoms with Crippen LogP contribution in [0.5, 0.6) is 0 Å². The van der Waals surface area contributed by atoms with Crippen LogP contribution in [0.2, 0.25) is 0 Å². The van der Waals surface area contributed by atoms with E-state index in [9.17, 15) is 32.8 Å². The van der Waals surface area contributed by atoms with Gasteiger partial charge in [0.15, 0.2) is 0 Å². The van der Waals surface area contributed by atoms with E-state index in [1.807, 2.05) is 0 Å². The van der Waals surface area contributed by atoms with Gasteiger partial charge in [-0.15, -0.1) is 0 Å². The summed E-state index contributed by atoms with van der Waals surface area (Å²) in [4.78, 5) is 23.5. The van der Waals surface area contributed by atoms with Crippen LogP contribution < -0.4 is 47.9 Å². The Morgan fingerprint density at radius 3 is 1.37 bits per heavy atom. The predicted molar refractivity (Wildman–Crippen MR) is 104 cm³/mol. The fraction of sp³-hybridized carbons (Fsp3) is 0.900. The van der Waals surface area contributed by atoms with E-state index >= 15 is 0 Å². The second-order valence-electron chi connectivity index (χ2n) is 7.69. The van der Waals surface area contributed by atoms with E-state index < -0.39 is 32.7 Å². The second kappa shape index (κ2) is 18.6. The fourth-order valence-electron chi connectivity index (χ4n) is 3.77. The van der Waals surface area contributed by atoms with Gasteiger partial charge in [0.25, 0.3) is 10.1 Å². The molecule has 0 aliphatic rings. The third-order valence-corrected chi connectivity index (χ3v) is 6.61. The molecule has 1 atom stereocenters. The summed E-state index contributed by atoms with van der Waals surface area (Å²) in [6, 6.07) is 0. The van der Waals surface area contributed by atoms with Gasteiger partial charge >= 0.3 is 37.7 Å². The third-order valence-electron chi connectivity index (χ3n) is 5.37. The molecule has 0 aliphatic carbocycles. The van der Waals surface area contributed by atoms with Gasteiger partial charge in [0, 0.05) is 11.4 Å². The average molecular weight is 434 g/mol. The maximum Gasteiger partial charge on any atom is 1.00 e.